The molecule has 3 unspecified atom stereocenters. The van der Waals surface area contributed by atoms with Gasteiger partial charge in [0.15, 0.2) is 0 Å². The van der Waals surface area contributed by atoms with Crippen LogP contribution in [0.5, 0.6) is 0 Å². The van der Waals surface area contributed by atoms with Crippen LogP contribution >= 0.6 is 7.37 Å². The summed E-state index contributed by atoms with van der Waals surface area (Å²) in [5, 5.41) is 26.0. The van der Waals surface area contributed by atoms with Crippen molar-refractivity contribution in [1.82, 2.24) is 0 Å². The molecule has 9 nitrogen and oxygen atoms in total. The lowest BCUT2D eigenvalue weighted by molar-refractivity contribution is -0.142. The SMILES string of the molecule is O=CC(CCC(=O)O)CP(=O)(O)CC(CCC(=O)O)C(=O)O. The number of carbonyl (C=O) groups is 4. The third-order valence-corrected chi connectivity index (χ3v) is 5.05. The Bertz CT molecular complexity index is 473. The highest BCUT2D eigenvalue weighted by Crippen LogP contribution is 2.45. The first-order valence-corrected chi connectivity index (χ1v) is 8.53. The minimum atomic E-state index is -3.99. The van der Waals surface area contributed by atoms with Crippen LogP contribution in [-0.2, 0) is 23.7 Å². The fourth-order valence-corrected chi connectivity index (χ4v) is 4.07. The summed E-state index contributed by atoms with van der Waals surface area (Å²) < 4.78 is 12.0. The van der Waals surface area contributed by atoms with Gasteiger partial charge in [-0.15, -0.1) is 0 Å². The second kappa shape index (κ2) is 9.32. The van der Waals surface area contributed by atoms with Gasteiger partial charge in [-0.05, 0) is 12.8 Å². The zero-order valence-corrected chi connectivity index (χ0v) is 12.6. The third kappa shape index (κ3) is 9.25. The molecule has 22 heavy (non-hydrogen) atoms. The predicted molar refractivity (Wildman–Crippen MR) is 74.0 cm³/mol. The summed E-state index contributed by atoms with van der Waals surface area (Å²) in [5.41, 5.74) is 0. The first-order valence-electron chi connectivity index (χ1n) is 6.50. The van der Waals surface area contributed by atoms with Gasteiger partial charge < -0.3 is 25.0 Å². The van der Waals surface area contributed by atoms with E-state index in [-0.39, 0.29) is 19.3 Å². The summed E-state index contributed by atoms with van der Waals surface area (Å²) in [6, 6.07) is 0. The first-order chi connectivity index (χ1) is 10.1. The largest absolute Gasteiger partial charge is 0.481 e. The fraction of sp³-hybridized carbons (Fsp3) is 0.667. The van der Waals surface area contributed by atoms with Crippen molar-refractivity contribution in [3.8, 4) is 0 Å². The van der Waals surface area contributed by atoms with E-state index in [1.54, 1.807) is 0 Å². The maximum Gasteiger partial charge on any atom is 0.307 e. The average molecular weight is 338 g/mol. The topological polar surface area (TPSA) is 166 Å². The number of aliphatic carboxylic acids is 3. The molecule has 0 bridgehead atoms. The van der Waals surface area contributed by atoms with Crippen molar-refractivity contribution >= 4 is 31.6 Å². The number of hydrogen-bond acceptors (Lipinski definition) is 5. The van der Waals surface area contributed by atoms with Crippen molar-refractivity contribution in [2.75, 3.05) is 12.3 Å². The van der Waals surface area contributed by atoms with Gasteiger partial charge in [-0.3, -0.25) is 18.9 Å². The number of carbonyl (C=O) groups excluding carboxylic acids is 1. The second-order valence-corrected chi connectivity index (χ2v) is 7.43. The molecule has 0 fully saturated rings. The summed E-state index contributed by atoms with van der Waals surface area (Å²) in [5.74, 6) is -6.01. The van der Waals surface area contributed by atoms with Crippen LogP contribution in [0.3, 0.4) is 0 Å². The molecule has 0 spiro atoms. The van der Waals surface area contributed by atoms with Gasteiger partial charge in [0.2, 0.25) is 7.37 Å². The number of carboxylic acid groups (broad SMARTS) is 3. The van der Waals surface area contributed by atoms with E-state index in [0.29, 0.717) is 6.29 Å². The summed E-state index contributed by atoms with van der Waals surface area (Å²) in [7, 11) is -3.99. The van der Waals surface area contributed by atoms with E-state index < -0.39 is 55.9 Å². The lowest BCUT2D eigenvalue weighted by Crippen LogP contribution is -2.22. The summed E-state index contributed by atoms with van der Waals surface area (Å²) >= 11 is 0. The Morgan fingerprint density at radius 3 is 1.86 bits per heavy atom. The van der Waals surface area contributed by atoms with Crippen LogP contribution in [0.15, 0.2) is 0 Å². The molecule has 0 rings (SSSR count). The normalized spacial score (nSPS) is 16.2. The van der Waals surface area contributed by atoms with Gasteiger partial charge in [-0.2, -0.15) is 0 Å². The van der Waals surface area contributed by atoms with Gasteiger partial charge in [-0.1, -0.05) is 0 Å². The highest BCUT2D eigenvalue weighted by molar-refractivity contribution is 7.58. The van der Waals surface area contributed by atoms with Gasteiger partial charge in [0.05, 0.1) is 5.92 Å². The van der Waals surface area contributed by atoms with Crippen LogP contribution in [-0.4, -0.2) is 56.7 Å². The van der Waals surface area contributed by atoms with Crippen molar-refractivity contribution in [1.29, 1.82) is 0 Å². The Balaban J connectivity index is 4.70. The van der Waals surface area contributed by atoms with E-state index in [2.05, 4.69) is 0 Å². The molecule has 4 N–H and O–H groups in total. The molecule has 10 heteroatoms. The molecule has 0 aromatic heterocycles. The van der Waals surface area contributed by atoms with Gasteiger partial charge >= 0.3 is 17.9 Å². The molecule has 0 aromatic rings. The number of hydrogen-bond donors (Lipinski definition) is 4. The van der Waals surface area contributed by atoms with E-state index in [1.807, 2.05) is 0 Å². The molecule has 3 atom stereocenters. The second-order valence-electron chi connectivity index (χ2n) is 5.01. The highest BCUT2D eigenvalue weighted by atomic mass is 31.2. The van der Waals surface area contributed by atoms with Crippen LogP contribution in [0.25, 0.3) is 0 Å². The molecule has 0 aliphatic carbocycles. The minimum absolute atomic E-state index is 0.115. The van der Waals surface area contributed by atoms with Crippen molar-refractivity contribution < 1.29 is 44.0 Å². The Kier molecular flexibility index (Phi) is 8.59. The number of aldehydes is 1. The zero-order valence-electron chi connectivity index (χ0n) is 11.8. The summed E-state index contributed by atoms with van der Waals surface area (Å²) in [6.45, 7) is 0. The van der Waals surface area contributed by atoms with Crippen molar-refractivity contribution in [2.45, 2.75) is 25.7 Å². The van der Waals surface area contributed by atoms with E-state index in [4.69, 9.17) is 15.3 Å². The average Bonchev–Trinajstić information content (AvgIpc) is 2.38. The molecular formula is C12H19O9P. The van der Waals surface area contributed by atoms with Gasteiger partial charge in [0.25, 0.3) is 0 Å². The maximum absolute atomic E-state index is 12.0. The van der Waals surface area contributed by atoms with Crippen LogP contribution in [0, 0.1) is 11.8 Å². The minimum Gasteiger partial charge on any atom is -0.481 e. The number of carboxylic acids is 3. The predicted octanol–water partition coefficient (Wildman–Crippen LogP) is 0.502. The van der Waals surface area contributed by atoms with Crippen molar-refractivity contribution in [3.05, 3.63) is 0 Å². The van der Waals surface area contributed by atoms with Gasteiger partial charge in [0, 0.05) is 31.1 Å². The maximum atomic E-state index is 12.0. The van der Waals surface area contributed by atoms with Crippen LogP contribution in [0.2, 0.25) is 0 Å². The molecule has 0 heterocycles. The van der Waals surface area contributed by atoms with E-state index in [9.17, 15) is 28.6 Å². The molecule has 0 aliphatic rings. The standard InChI is InChI=1S/C12H19O9P/c13-5-8(1-3-10(14)15)6-22(20,21)7-9(12(18)19)2-4-11(16)17/h5,8-9H,1-4,6-7H2,(H,14,15)(H,16,17)(H,18,19)(H,20,21). The third-order valence-electron chi connectivity index (χ3n) is 3.00. The van der Waals surface area contributed by atoms with Crippen LogP contribution < -0.4 is 0 Å². The Labute approximate surface area is 126 Å². The molecule has 0 aliphatic heterocycles. The molecule has 0 saturated carbocycles. The highest BCUT2D eigenvalue weighted by Gasteiger charge is 2.31. The fourth-order valence-electron chi connectivity index (χ4n) is 1.89. The Hall–Kier alpha value is -1.73. The number of rotatable bonds is 12. The van der Waals surface area contributed by atoms with Gasteiger partial charge in [-0.25, -0.2) is 0 Å². The molecule has 0 amide bonds. The van der Waals surface area contributed by atoms with Crippen molar-refractivity contribution in [3.63, 3.8) is 0 Å². The first kappa shape index (κ1) is 20.3. The van der Waals surface area contributed by atoms with Gasteiger partial charge in [0.1, 0.15) is 6.29 Å². The smallest absolute Gasteiger partial charge is 0.307 e. The van der Waals surface area contributed by atoms with E-state index >= 15 is 0 Å². The molecule has 126 valence electrons. The lowest BCUT2D eigenvalue weighted by Gasteiger charge is -2.19. The molecule has 0 saturated heterocycles. The summed E-state index contributed by atoms with van der Waals surface area (Å²) in [4.78, 5) is 52.5. The lowest BCUT2D eigenvalue weighted by atomic mass is 10.1. The quantitative estimate of drug-likeness (QED) is 0.292. The van der Waals surface area contributed by atoms with Crippen LogP contribution in [0.4, 0.5) is 0 Å². The zero-order chi connectivity index (χ0) is 17.3. The van der Waals surface area contributed by atoms with E-state index in [1.165, 1.54) is 0 Å². The van der Waals surface area contributed by atoms with E-state index in [0.717, 1.165) is 0 Å². The Morgan fingerprint density at radius 1 is 0.955 bits per heavy atom. The Morgan fingerprint density at radius 2 is 1.45 bits per heavy atom. The summed E-state index contributed by atoms with van der Waals surface area (Å²) in [6.07, 6.45) is -1.99. The van der Waals surface area contributed by atoms with Crippen LogP contribution in [0.1, 0.15) is 25.7 Å². The van der Waals surface area contributed by atoms with Crippen molar-refractivity contribution in [2.24, 2.45) is 11.8 Å². The monoisotopic (exact) mass is 338 g/mol. The molecular weight excluding hydrogens is 319 g/mol. The molecule has 0 radical (unpaired) electrons. The molecule has 0 aromatic carbocycles.